The first-order chi connectivity index (χ1) is 5.06. The van der Waals surface area contributed by atoms with Crippen LogP contribution in [0.2, 0.25) is 0 Å². The third-order valence-corrected chi connectivity index (χ3v) is 1.23. The minimum Gasteiger partial charge on any atom is -0.346 e. The van der Waals surface area contributed by atoms with Crippen LogP contribution in [-0.2, 0) is 9.59 Å². The molecular formula is C8H14NO2. The van der Waals surface area contributed by atoms with Crippen molar-refractivity contribution < 1.29 is 9.59 Å². The number of hydrogen-bond donors (Lipinski definition) is 1. The van der Waals surface area contributed by atoms with Gasteiger partial charge in [-0.15, -0.1) is 0 Å². The summed E-state index contributed by atoms with van der Waals surface area (Å²) in [5, 5.41) is 2.50. The first-order valence-corrected chi connectivity index (χ1v) is 3.71. The molecule has 1 radical (unpaired) electrons. The van der Waals surface area contributed by atoms with Gasteiger partial charge in [0.15, 0.2) is 0 Å². The fourth-order valence-corrected chi connectivity index (χ4v) is 0.853. The second-order valence-electron chi connectivity index (χ2n) is 3.00. The molecule has 0 aliphatic heterocycles. The van der Waals surface area contributed by atoms with Crippen LogP contribution >= 0.6 is 0 Å². The third kappa shape index (κ3) is 5.58. The average molecular weight is 156 g/mol. The second-order valence-corrected chi connectivity index (χ2v) is 3.00. The van der Waals surface area contributed by atoms with Crippen molar-refractivity contribution in [2.24, 2.45) is 5.92 Å². The first-order valence-electron chi connectivity index (χ1n) is 3.71. The van der Waals surface area contributed by atoms with Gasteiger partial charge >= 0.3 is 0 Å². The van der Waals surface area contributed by atoms with Gasteiger partial charge in [0.25, 0.3) is 0 Å². The Labute approximate surface area is 67.2 Å². The minimum atomic E-state index is -0.438. The maximum Gasteiger partial charge on any atom is 0.222 e. The fourth-order valence-electron chi connectivity index (χ4n) is 0.853. The van der Waals surface area contributed by atoms with Crippen molar-refractivity contribution in [3.63, 3.8) is 0 Å². The van der Waals surface area contributed by atoms with Crippen LogP contribution in [0.1, 0.15) is 27.2 Å². The summed E-state index contributed by atoms with van der Waals surface area (Å²) < 4.78 is 0. The Morgan fingerprint density at radius 3 is 2.36 bits per heavy atom. The van der Waals surface area contributed by atoms with E-state index in [4.69, 9.17) is 0 Å². The lowest BCUT2D eigenvalue weighted by Gasteiger charge is -2.11. The van der Waals surface area contributed by atoms with Gasteiger partial charge in [0, 0.05) is 6.92 Å². The lowest BCUT2D eigenvalue weighted by Crippen LogP contribution is -2.35. The van der Waals surface area contributed by atoms with E-state index in [2.05, 4.69) is 5.32 Å². The number of nitrogens with one attached hydrogen (secondary N) is 1. The topological polar surface area (TPSA) is 46.2 Å². The standard InChI is InChI=1S/C8H14NO2/c1-6(2)4-8(5-10)9-7(3)11/h6,8H,4H2,1-3H3,(H,9,11)/t8-/m0/s1. The molecule has 0 saturated carbocycles. The molecule has 11 heavy (non-hydrogen) atoms. The molecule has 0 rings (SSSR count). The van der Waals surface area contributed by atoms with E-state index in [-0.39, 0.29) is 5.91 Å². The van der Waals surface area contributed by atoms with Crippen molar-refractivity contribution in [2.45, 2.75) is 33.2 Å². The zero-order valence-electron chi connectivity index (χ0n) is 7.18. The summed E-state index contributed by atoms with van der Waals surface area (Å²) in [5.74, 6) is 0.215. The summed E-state index contributed by atoms with van der Waals surface area (Å²) in [7, 11) is 0. The second kappa shape index (κ2) is 4.88. The maximum atomic E-state index is 10.5. The summed E-state index contributed by atoms with van der Waals surface area (Å²) in [6.07, 6.45) is 2.44. The smallest absolute Gasteiger partial charge is 0.222 e. The molecule has 0 aromatic carbocycles. The van der Waals surface area contributed by atoms with Crippen molar-refractivity contribution in [2.75, 3.05) is 0 Å². The van der Waals surface area contributed by atoms with E-state index in [1.54, 1.807) is 6.29 Å². The minimum absolute atomic E-state index is 0.181. The van der Waals surface area contributed by atoms with Crippen LogP contribution in [0.3, 0.4) is 0 Å². The zero-order chi connectivity index (χ0) is 8.85. The monoisotopic (exact) mass is 156 g/mol. The van der Waals surface area contributed by atoms with Gasteiger partial charge in [-0.3, -0.25) is 9.59 Å². The van der Waals surface area contributed by atoms with E-state index in [0.29, 0.717) is 12.3 Å². The normalized spacial score (nSPS) is 12.7. The van der Waals surface area contributed by atoms with Gasteiger partial charge in [0.2, 0.25) is 12.2 Å². The Kier molecular flexibility index (Phi) is 4.50. The third-order valence-electron chi connectivity index (χ3n) is 1.23. The van der Waals surface area contributed by atoms with Gasteiger partial charge in [-0.2, -0.15) is 0 Å². The number of amides is 1. The van der Waals surface area contributed by atoms with Gasteiger partial charge in [-0.25, -0.2) is 0 Å². The van der Waals surface area contributed by atoms with Crippen molar-refractivity contribution in [1.82, 2.24) is 5.32 Å². The van der Waals surface area contributed by atoms with Crippen molar-refractivity contribution in [3.8, 4) is 0 Å². The molecule has 1 N–H and O–H groups in total. The van der Waals surface area contributed by atoms with Crippen LogP contribution in [0, 0.1) is 5.92 Å². The highest BCUT2D eigenvalue weighted by Gasteiger charge is 2.10. The highest BCUT2D eigenvalue weighted by atomic mass is 16.2. The predicted molar refractivity (Wildman–Crippen MR) is 42.8 cm³/mol. The van der Waals surface area contributed by atoms with Crippen LogP contribution in [0.5, 0.6) is 0 Å². The quantitative estimate of drug-likeness (QED) is 0.649. The van der Waals surface area contributed by atoms with E-state index >= 15 is 0 Å². The zero-order valence-corrected chi connectivity index (χ0v) is 7.18. The van der Waals surface area contributed by atoms with E-state index in [0.717, 1.165) is 0 Å². The molecule has 1 atom stereocenters. The Morgan fingerprint density at radius 1 is 1.55 bits per heavy atom. The van der Waals surface area contributed by atoms with Crippen LogP contribution in [0.15, 0.2) is 0 Å². The Balaban J connectivity index is 3.76. The molecule has 63 valence electrons. The molecule has 0 aliphatic carbocycles. The van der Waals surface area contributed by atoms with E-state index in [9.17, 15) is 9.59 Å². The number of carbonyl (C=O) groups excluding carboxylic acids is 2. The number of carbonyl (C=O) groups is 1. The van der Waals surface area contributed by atoms with Crippen molar-refractivity contribution in [1.29, 1.82) is 0 Å². The van der Waals surface area contributed by atoms with E-state index in [1.165, 1.54) is 6.92 Å². The summed E-state index contributed by atoms with van der Waals surface area (Å²) >= 11 is 0. The lowest BCUT2D eigenvalue weighted by molar-refractivity contribution is -0.119. The Morgan fingerprint density at radius 2 is 2.09 bits per heavy atom. The lowest BCUT2D eigenvalue weighted by atomic mass is 10.1. The molecule has 0 heterocycles. The van der Waals surface area contributed by atoms with E-state index in [1.807, 2.05) is 13.8 Å². The molecule has 3 nitrogen and oxygen atoms in total. The van der Waals surface area contributed by atoms with Gasteiger partial charge in [0.05, 0.1) is 6.04 Å². The fraction of sp³-hybridized carbons (Fsp3) is 0.750. The van der Waals surface area contributed by atoms with Crippen molar-refractivity contribution >= 4 is 12.2 Å². The number of rotatable bonds is 4. The summed E-state index contributed by atoms with van der Waals surface area (Å²) in [5.41, 5.74) is 0. The highest BCUT2D eigenvalue weighted by Crippen LogP contribution is 2.02. The van der Waals surface area contributed by atoms with Crippen LogP contribution in [0.25, 0.3) is 0 Å². The molecule has 0 aliphatic rings. The molecular weight excluding hydrogens is 142 g/mol. The Hall–Kier alpha value is -0.860. The SMILES string of the molecule is CC(=O)N[C@H]([C]=O)CC(C)C. The molecule has 3 heteroatoms. The van der Waals surface area contributed by atoms with E-state index < -0.39 is 6.04 Å². The van der Waals surface area contributed by atoms with Crippen LogP contribution in [-0.4, -0.2) is 18.2 Å². The highest BCUT2D eigenvalue weighted by molar-refractivity contribution is 5.77. The molecule has 1 amide bonds. The van der Waals surface area contributed by atoms with Crippen LogP contribution < -0.4 is 5.32 Å². The maximum absolute atomic E-state index is 10.5. The molecule has 0 bridgehead atoms. The molecule has 0 spiro atoms. The Bertz CT molecular complexity index is 143. The van der Waals surface area contributed by atoms with Gasteiger partial charge in [-0.1, -0.05) is 13.8 Å². The van der Waals surface area contributed by atoms with Gasteiger partial charge < -0.3 is 5.32 Å². The largest absolute Gasteiger partial charge is 0.346 e. The summed E-state index contributed by atoms with van der Waals surface area (Å²) in [4.78, 5) is 20.7. The number of hydrogen-bond acceptors (Lipinski definition) is 2. The van der Waals surface area contributed by atoms with Gasteiger partial charge in [0.1, 0.15) is 0 Å². The first kappa shape index (κ1) is 10.1. The molecule has 0 aromatic rings. The predicted octanol–water partition coefficient (Wildman–Crippen LogP) is 0.647. The summed E-state index contributed by atoms with van der Waals surface area (Å²) in [6, 6.07) is -0.438. The molecule has 0 aromatic heterocycles. The molecule has 0 saturated heterocycles. The van der Waals surface area contributed by atoms with Crippen molar-refractivity contribution in [3.05, 3.63) is 0 Å². The van der Waals surface area contributed by atoms with Crippen LogP contribution in [0.4, 0.5) is 0 Å². The summed E-state index contributed by atoms with van der Waals surface area (Å²) in [6.45, 7) is 5.38. The molecule has 0 fully saturated rings. The van der Waals surface area contributed by atoms with Gasteiger partial charge in [-0.05, 0) is 12.3 Å². The molecule has 0 unspecified atom stereocenters. The average Bonchev–Trinajstić information content (AvgIpc) is 1.84.